The van der Waals surface area contributed by atoms with Gasteiger partial charge in [0.2, 0.25) is 5.88 Å². The minimum absolute atomic E-state index is 0.151. The van der Waals surface area contributed by atoms with Gasteiger partial charge in [0.15, 0.2) is 0 Å². The highest BCUT2D eigenvalue weighted by molar-refractivity contribution is 5.08. The Morgan fingerprint density at radius 1 is 1.53 bits per heavy atom. The molecule has 0 amide bonds. The highest BCUT2D eigenvalue weighted by Crippen LogP contribution is 2.05. The summed E-state index contributed by atoms with van der Waals surface area (Å²) < 4.78 is 5.41. The van der Waals surface area contributed by atoms with Gasteiger partial charge in [0.05, 0.1) is 12.7 Å². The lowest BCUT2D eigenvalue weighted by Gasteiger charge is -2.07. The summed E-state index contributed by atoms with van der Waals surface area (Å²) in [5.74, 6) is 1.69. The lowest BCUT2D eigenvalue weighted by atomic mass is 10.1. The molecule has 0 spiro atoms. The Labute approximate surface area is 89.7 Å². The molecular formula is C11H18N2O2. The van der Waals surface area contributed by atoms with Gasteiger partial charge in [0.25, 0.3) is 5.56 Å². The molecule has 0 atom stereocenters. The molecular weight excluding hydrogens is 192 g/mol. The van der Waals surface area contributed by atoms with Gasteiger partial charge >= 0.3 is 0 Å². The fourth-order valence-corrected chi connectivity index (χ4v) is 1.12. The van der Waals surface area contributed by atoms with Crippen molar-refractivity contribution in [2.75, 3.05) is 6.61 Å². The largest absolute Gasteiger partial charge is 0.477 e. The molecule has 1 rings (SSSR count). The summed E-state index contributed by atoms with van der Waals surface area (Å²) in [4.78, 5) is 18.0. The minimum Gasteiger partial charge on any atom is -0.477 e. The Bertz CT molecular complexity index is 358. The van der Waals surface area contributed by atoms with Gasteiger partial charge in [-0.15, -0.1) is 0 Å². The van der Waals surface area contributed by atoms with Crippen LogP contribution in [0.25, 0.3) is 0 Å². The molecule has 1 aromatic heterocycles. The summed E-state index contributed by atoms with van der Waals surface area (Å²) in [5, 5.41) is 0. The van der Waals surface area contributed by atoms with Crippen LogP contribution < -0.4 is 10.3 Å². The van der Waals surface area contributed by atoms with Crippen LogP contribution in [0.3, 0.4) is 0 Å². The van der Waals surface area contributed by atoms with Crippen LogP contribution in [0.1, 0.15) is 33.0 Å². The van der Waals surface area contributed by atoms with Crippen LogP contribution in [0, 0.1) is 5.92 Å². The third-order valence-electron chi connectivity index (χ3n) is 2.05. The molecule has 0 aliphatic rings. The molecule has 0 fully saturated rings. The Kier molecular flexibility index (Phi) is 4.34. The van der Waals surface area contributed by atoms with E-state index < -0.39 is 0 Å². The Balaban J connectivity index is 2.60. The van der Waals surface area contributed by atoms with Gasteiger partial charge in [-0.2, -0.15) is 0 Å². The number of rotatable bonds is 5. The average molecular weight is 210 g/mol. The number of H-pyrrole nitrogens is 1. The van der Waals surface area contributed by atoms with E-state index in [9.17, 15) is 4.79 Å². The molecule has 0 unspecified atom stereocenters. The van der Waals surface area contributed by atoms with Gasteiger partial charge in [0.1, 0.15) is 5.82 Å². The quantitative estimate of drug-likeness (QED) is 0.805. The van der Waals surface area contributed by atoms with E-state index in [4.69, 9.17) is 4.74 Å². The summed E-state index contributed by atoms with van der Waals surface area (Å²) in [5.41, 5.74) is -0.151. The number of nitrogens with one attached hydrogen (secondary N) is 1. The molecule has 4 nitrogen and oxygen atoms in total. The zero-order chi connectivity index (χ0) is 11.3. The number of hydrogen-bond acceptors (Lipinski definition) is 3. The maximum absolute atomic E-state index is 11.2. The monoisotopic (exact) mass is 210 g/mol. The van der Waals surface area contributed by atoms with Crippen molar-refractivity contribution in [3.63, 3.8) is 0 Å². The maximum Gasteiger partial charge on any atom is 0.254 e. The van der Waals surface area contributed by atoms with E-state index in [1.54, 1.807) is 0 Å². The molecule has 0 saturated carbocycles. The molecule has 84 valence electrons. The summed E-state index contributed by atoms with van der Waals surface area (Å²) in [6.45, 7) is 6.81. The van der Waals surface area contributed by atoms with Gasteiger partial charge < -0.3 is 9.72 Å². The Morgan fingerprint density at radius 2 is 2.27 bits per heavy atom. The van der Waals surface area contributed by atoms with Crippen LogP contribution in [0.2, 0.25) is 0 Å². The molecule has 1 heterocycles. The first kappa shape index (κ1) is 11.8. The van der Waals surface area contributed by atoms with E-state index in [-0.39, 0.29) is 5.56 Å². The second-order valence-corrected chi connectivity index (χ2v) is 3.91. The van der Waals surface area contributed by atoms with Crippen molar-refractivity contribution in [3.05, 3.63) is 22.2 Å². The van der Waals surface area contributed by atoms with E-state index in [1.165, 1.54) is 6.07 Å². The first-order chi connectivity index (χ1) is 7.11. The highest BCUT2D eigenvalue weighted by atomic mass is 16.5. The van der Waals surface area contributed by atoms with Crippen molar-refractivity contribution < 1.29 is 4.74 Å². The lowest BCUT2D eigenvalue weighted by Crippen LogP contribution is -2.12. The summed E-state index contributed by atoms with van der Waals surface area (Å²) in [6, 6.07) is 1.39. The Hall–Kier alpha value is -1.32. The normalized spacial score (nSPS) is 10.7. The van der Waals surface area contributed by atoms with E-state index in [0.29, 0.717) is 30.7 Å². The zero-order valence-corrected chi connectivity index (χ0v) is 9.54. The maximum atomic E-state index is 11.2. The van der Waals surface area contributed by atoms with Crippen LogP contribution in [0.5, 0.6) is 5.88 Å². The van der Waals surface area contributed by atoms with E-state index in [0.717, 1.165) is 6.42 Å². The molecule has 0 aliphatic carbocycles. The van der Waals surface area contributed by atoms with E-state index >= 15 is 0 Å². The summed E-state index contributed by atoms with van der Waals surface area (Å²) >= 11 is 0. The van der Waals surface area contributed by atoms with Crippen molar-refractivity contribution in [1.29, 1.82) is 0 Å². The van der Waals surface area contributed by atoms with E-state index in [2.05, 4.69) is 23.8 Å². The van der Waals surface area contributed by atoms with Crippen molar-refractivity contribution in [1.82, 2.24) is 9.97 Å². The second-order valence-electron chi connectivity index (χ2n) is 3.91. The molecule has 0 aliphatic heterocycles. The highest BCUT2D eigenvalue weighted by Gasteiger charge is 2.01. The summed E-state index contributed by atoms with van der Waals surface area (Å²) in [6.07, 6.45) is 1.67. The third kappa shape index (κ3) is 4.14. The number of ether oxygens (including phenoxy) is 1. The first-order valence-electron chi connectivity index (χ1n) is 5.35. The number of hydrogen-bond donors (Lipinski definition) is 1. The molecule has 0 bridgehead atoms. The van der Waals surface area contributed by atoms with Crippen molar-refractivity contribution in [2.45, 2.75) is 33.6 Å². The van der Waals surface area contributed by atoms with Crippen LogP contribution >= 0.6 is 0 Å². The van der Waals surface area contributed by atoms with Gasteiger partial charge in [0, 0.05) is 6.42 Å². The molecule has 1 aromatic rings. The number of aromatic amines is 1. The fourth-order valence-electron chi connectivity index (χ4n) is 1.12. The zero-order valence-electron chi connectivity index (χ0n) is 9.54. The predicted molar refractivity (Wildman–Crippen MR) is 59.2 cm³/mol. The Morgan fingerprint density at radius 3 is 2.87 bits per heavy atom. The lowest BCUT2D eigenvalue weighted by molar-refractivity contribution is 0.277. The molecule has 15 heavy (non-hydrogen) atoms. The van der Waals surface area contributed by atoms with Gasteiger partial charge in [-0.3, -0.25) is 4.79 Å². The first-order valence-corrected chi connectivity index (χ1v) is 5.35. The topological polar surface area (TPSA) is 55.0 Å². The number of aryl methyl sites for hydroxylation is 1. The predicted octanol–water partition coefficient (Wildman–Crippen LogP) is 1.76. The molecule has 4 heteroatoms. The van der Waals surface area contributed by atoms with Gasteiger partial charge in [-0.05, 0) is 12.3 Å². The van der Waals surface area contributed by atoms with E-state index in [1.807, 2.05) is 6.92 Å². The average Bonchev–Trinajstić information content (AvgIpc) is 2.16. The standard InChI is InChI=1S/C11H18N2O2/c1-4-9-12-10(14)7-11(13-9)15-6-5-8(2)3/h7-8H,4-6H2,1-3H3,(H,12,13,14). The number of aromatic nitrogens is 2. The van der Waals surface area contributed by atoms with Crippen LogP contribution in [0.4, 0.5) is 0 Å². The van der Waals surface area contributed by atoms with Crippen molar-refractivity contribution in [2.24, 2.45) is 5.92 Å². The van der Waals surface area contributed by atoms with Crippen LogP contribution in [0.15, 0.2) is 10.9 Å². The molecule has 0 aromatic carbocycles. The minimum atomic E-state index is -0.151. The summed E-state index contributed by atoms with van der Waals surface area (Å²) in [7, 11) is 0. The van der Waals surface area contributed by atoms with Gasteiger partial charge in [-0.1, -0.05) is 20.8 Å². The van der Waals surface area contributed by atoms with Crippen LogP contribution in [-0.4, -0.2) is 16.6 Å². The second kappa shape index (κ2) is 5.53. The van der Waals surface area contributed by atoms with Crippen molar-refractivity contribution >= 4 is 0 Å². The van der Waals surface area contributed by atoms with Gasteiger partial charge in [-0.25, -0.2) is 4.98 Å². The fraction of sp³-hybridized carbons (Fsp3) is 0.636. The van der Waals surface area contributed by atoms with Crippen molar-refractivity contribution in [3.8, 4) is 5.88 Å². The third-order valence-corrected chi connectivity index (χ3v) is 2.05. The smallest absolute Gasteiger partial charge is 0.254 e. The number of nitrogens with zero attached hydrogens (tertiary/aromatic N) is 1. The molecule has 1 N–H and O–H groups in total. The molecule has 0 saturated heterocycles. The van der Waals surface area contributed by atoms with Crippen LogP contribution in [-0.2, 0) is 6.42 Å². The SMILES string of the molecule is CCc1nc(OCCC(C)C)cc(=O)[nH]1. The molecule has 0 radical (unpaired) electrons.